The molecule has 0 bridgehead atoms. The normalized spacial score (nSPS) is 12.4. The lowest BCUT2D eigenvalue weighted by molar-refractivity contribution is 0.221. The van der Waals surface area contributed by atoms with Crippen LogP contribution in [0.2, 0.25) is 0 Å². The van der Waals surface area contributed by atoms with Crippen molar-refractivity contribution in [1.82, 2.24) is 4.90 Å². The second-order valence-electron chi connectivity index (χ2n) is 5.01. The summed E-state index contributed by atoms with van der Waals surface area (Å²) < 4.78 is 0. The minimum absolute atomic E-state index is 0.156. The smallest absolute Gasteiger partial charge is 0.170 e. The van der Waals surface area contributed by atoms with Gasteiger partial charge in [0.1, 0.15) is 0 Å². The second kappa shape index (κ2) is 7.14. The van der Waals surface area contributed by atoms with Crippen molar-refractivity contribution < 1.29 is 5.21 Å². The highest BCUT2D eigenvalue weighted by atomic mass is 16.4. The van der Waals surface area contributed by atoms with Crippen molar-refractivity contribution in [2.45, 2.75) is 46.2 Å². The van der Waals surface area contributed by atoms with E-state index in [-0.39, 0.29) is 5.84 Å². The van der Waals surface area contributed by atoms with Crippen molar-refractivity contribution in [3.05, 3.63) is 34.9 Å². The summed E-state index contributed by atoms with van der Waals surface area (Å²) in [5.41, 5.74) is 8.80. The van der Waals surface area contributed by atoms with Crippen molar-refractivity contribution in [1.29, 1.82) is 0 Å². The van der Waals surface area contributed by atoms with Gasteiger partial charge in [-0.25, -0.2) is 0 Å². The van der Waals surface area contributed by atoms with Gasteiger partial charge in [0, 0.05) is 18.2 Å². The van der Waals surface area contributed by atoms with Crippen LogP contribution in [0.4, 0.5) is 0 Å². The molecule has 0 aliphatic rings. The monoisotopic (exact) mass is 263 g/mol. The molecule has 3 N–H and O–H groups in total. The predicted octanol–water partition coefficient (Wildman–Crippen LogP) is 2.71. The van der Waals surface area contributed by atoms with Gasteiger partial charge < -0.3 is 10.9 Å². The molecule has 4 nitrogen and oxygen atoms in total. The summed E-state index contributed by atoms with van der Waals surface area (Å²) in [5, 5.41) is 11.7. The van der Waals surface area contributed by atoms with E-state index in [2.05, 4.69) is 43.9 Å². The summed E-state index contributed by atoms with van der Waals surface area (Å²) >= 11 is 0. The second-order valence-corrected chi connectivity index (χ2v) is 5.01. The van der Waals surface area contributed by atoms with Crippen LogP contribution in [0.3, 0.4) is 0 Å². The average Bonchev–Trinajstić information content (AvgIpc) is 2.41. The third kappa shape index (κ3) is 3.96. The van der Waals surface area contributed by atoms with Crippen LogP contribution >= 0.6 is 0 Å². The van der Waals surface area contributed by atoms with Crippen molar-refractivity contribution in [3.63, 3.8) is 0 Å². The molecule has 0 saturated heterocycles. The third-order valence-electron chi connectivity index (χ3n) is 3.73. The topological polar surface area (TPSA) is 61.8 Å². The molecule has 0 aliphatic carbocycles. The maximum Gasteiger partial charge on any atom is 0.170 e. The Balaban J connectivity index is 2.86. The number of benzene rings is 1. The maximum atomic E-state index is 8.69. The lowest BCUT2D eigenvalue weighted by Gasteiger charge is -2.26. The maximum absolute atomic E-state index is 8.69. The first kappa shape index (κ1) is 15.5. The first-order chi connectivity index (χ1) is 9.03. The molecule has 4 heteroatoms. The molecule has 0 amide bonds. The lowest BCUT2D eigenvalue weighted by Crippen LogP contribution is -2.30. The van der Waals surface area contributed by atoms with Crippen molar-refractivity contribution in [3.8, 4) is 0 Å². The Morgan fingerprint density at radius 3 is 2.47 bits per heavy atom. The number of nitrogens with zero attached hydrogens (tertiary/aromatic N) is 2. The number of aryl methyl sites for hydroxylation is 1. The van der Waals surface area contributed by atoms with E-state index in [9.17, 15) is 0 Å². The van der Waals surface area contributed by atoms with E-state index in [1.807, 2.05) is 12.1 Å². The van der Waals surface area contributed by atoms with Crippen LogP contribution in [0.5, 0.6) is 0 Å². The fraction of sp³-hybridized carbons (Fsp3) is 0.533. The fourth-order valence-corrected chi connectivity index (χ4v) is 2.40. The van der Waals surface area contributed by atoms with Gasteiger partial charge in [-0.2, -0.15) is 0 Å². The number of hydrogen-bond donors (Lipinski definition) is 2. The van der Waals surface area contributed by atoms with E-state index >= 15 is 0 Å². The molecule has 106 valence electrons. The number of amidine groups is 1. The molecule has 1 aromatic rings. The van der Waals surface area contributed by atoms with Crippen molar-refractivity contribution >= 4 is 5.84 Å². The van der Waals surface area contributed by atoms with Crippen LogP contribution in [0.15, 0.2) is 23.4 Å². The van der Waals surface area contributed by atoms with Gasteiger partial charge in [0.15, 0.2) is 5.84 Å². The predicted molar refractivity (Wildman–Crippen MR) is 79.5 cm³/mol. The third-order valence-corrected chi connectivity index (χ3v) is 3.73. The summed E-state index contributed by atoms with van der Waals surface area (Å²) in [5.74, 6) is 0.156. The number of oxime groups is 1. The highest BCUT2D eigenvalue weighted by Gasteiger charge is 2.12. The minimum Gasteiger partial charge on any atom is -0.409 e. The van der Waals surface area contributed by atoms with Gasteiger partial charge in [-0.1, -0.05) is 31.1 Å². The molecule has 1 aromatic carbocycles. The van der Waals surface area contributed by atoms with E-state index < -0.39 is 0 Å². The van der Waals surface area contributed by atoms with Crippen LogP contribution in [0.25, 0.3) is 0 Å². The summed E-state index contributed by atoms with van der Waals surface area (Å²) in [7, 11) is 2.16. The molecule has 0 atom stereocenters. The number of nitrogens with two attached hydrogens (primary N) is 1. The van der Waals surface area contributed by atoms with Gasteiger partial charge in [0.05, 0.1) is 0 Å². The molecular formula is C15H25N3O. The summed E-state index contributed by atoms with van der Waals surface area (Å²) in [6.45, 7) is 7.43. The molecule has 0 saturated carbocycles. The van der Waals surface area contributed by atoms with Crippen LogP contribution in [0, 0.1) is 6.92 Å². The number of hydrogen-bond acceptors (Lipinski definition) is 3. The van der Waals surface area contributed by atoms with Crippen LogP contribution in [-0.4, -0.2) is 29.0 Å². The lowest BCUT2D eigenvalue weighted by atomic mass is 10.0. The van der Waals surface area contributed by atoms with Gasteiger partial charge in [-0.15, -0.1) is 0 Å². The zero-order chi connectivity index (χ0) is 14.4. The quantitative estimate of drug-likeness (QED) is 0.359. The van der Waals surface area contributed by atoms with Gasteiger partial charge in [-0.3, -0.25) is 4.90 Å². The van der Waals surface area contributed by atoms with Crippen molar-refractivity contribution in [2.75, 3.05) is 7.05 Å². The molecule has 0 spiro atoms. The van der Waals surface area contributed by atoms with Crippen LogP contribution in [0.1, 0.15) is 43.4 Å². The minimum atomic E-state index is 0.156. The Morgan fingerprint density at radius 2 is 2.00 bits per heavy atom. The SMILES string of the molecule is CCC(CC)N(C)Cc1ccc(/C(N)=N/O)cc1C. The van der Waals surface area contributed by atoms with Crippen LogP contribution in [-0.2, 0) is 6.54 Å². The molecule has 0 radical (unpaired) electrons. The highest BCUT2D eigenvalue weighted by Crippen LogP contribution is 2.16. The Morgan fingerprint density at radius 1 is 1.37 bits per heavy atom. The molecule has 0 fully saturated rings. The van der Waals surface area contributed by atoms with E-state index in [0.717, 1.165) is 24.9 Å². The van der Waals surface area contributed by atoms with Gasteiger partial charge in [0.25, 0.3) is 0 Å². The first-order valence-corrected chi connectivity index (χ1v) is 6.81. The highest BCUT2D eigenvalue weighted by molar-refractivity contribution is 5.97. The molecular weight excluding hydrogens is 238 g/mol. The standard InChI is InChI=1S/C15H25N3O/c1-5-14(6-2)18(4)10-13-8-7-12(9-11(13)3)15(16)17-19/h7-9,14,19H,5-6,10H2,1-4H3,(H2,16,17). The summed E-state index contributed by atoms with van der Waals surface area (Å²) in [6.07, 6.45) is 2.32. The largest absolute Gasteiger partial charge is 0.409 e. The Hall–Kier alpha value is -1.55. The molecule has 19 heavy (non-hydrogen) atoms. The Labute approximate surface area is 115 Å². The Kier molecular flexibility index (Phi) is 5.83. The van der Waals surface area contributed by atoms with Crippen molar-refractivity contribution in [2.24, 2.45) is 10.9 Å². The molecule has 0 unspecified atom stereocenters. The molecule has 0 heterocycles. The van der Waals surface area contributed by atoms with Crippen LogP contribution < -0.4 is 5.73 Å². The van der Waals surface area contributed by atoms with E-state index in [1.165, 1.54) is 11.1 Å². The average molecular weight is 263 g/mol. The summed E-state index contributed by atoms with van der Waals surface area (Å²) in [6, 6.07) is 6.54. The van der Waals surface area contributed by atoms with Gasteiger partial charge in [0.2, 0.25) is 0 Å². The molecule has 1 rings (SSSR count). The molecule has 0 aromatic heterocycles. The van der Waals surface area contributed by atoms with E-state index in [0.29, 0.717) is 6.04 Å². The molecule has 0 aliphatic heterocycles. The Bertz CT molecular complexity index is 439. The van der Waals surface area contributed by atoms with E-state index in [1.54, 1.807) is 0 Å². The number of rotatable bonds is 6. The van der Waals surface area contributed by atoms with Gasteiger partial charge in [-0.05, 0) is 44.0 Å². The summed E-state index contributed by atoms with van der Waals surface area (Å²) in [4.78, 5) is 2.38. The first-order valence-electron chi connectivity index (χ1n) is 6.81. The van der Waals surface area contributed by atoms with E-state index in [4.69, 9.17) is 10.9 Å². The fourth-order valence-electron chi connectivity index (χ4n) is 2.40. The zero-order valence-corrected chi connectivity index (χ0v) is 12.3. The zero-order valence-electron chi connectivity index (χ0n) is 12.3. The van der Waals surface area contributed by atoms with Gasteiger partial charge >= 0.3 is 0 Å².